The second-order valence-corrected chi connectivity index (χ2v) is 5.75. The first-order valence-electron chi connectivity index (χ1n) is 7.19. The van der Waals surface area contributed by atoms with Gasteiger partial charge in [0.2, 0.25) is 0 Å². The third-order valence-corrected chi connectivity index (χ3v) is 3.19. The van der Waals surface area contributed by atoms with E-state index >= 15 is 0 Å². The Kier molecular flexibility index (Phi) is 4.81. The quantitative estimate of drug-likeness (QED) is 0.681. The van der Waals surface area contributed by atoms with E-state index < -0.39 is 11.9 Å². The monoisotopic (exact) mass is 302 g/mol. The van der Waals surface area contributed by atoms with E-state index in [1.807, 2.05) is 6.92 Å². The highest BCUT2D eigenvalue weighted by Gasteiger charge is 2.28. The minimum atomic E-state index is -0.783. The Morgan fingerprint density at radius 3 is 2.91 bits per heavy atom. The number of amides is 1. The Hall–Kier alpha value is -2.35. The molecule has 1 heterocycles. The van der Waals surface area contributed by atoms with Crippen molar-refractivity contribution in [1.82, 2.24) is 0 Å². The molecule has 2 rings (SSSR count). The molecule has 0 aliphatic carbocycles. The number of benzene rings is 1. The van der Waals surface area contributed by atoms with E-state index in [2.05, 4.69) is 30.1 Å². The van der Waals surface area contributed by atoms with Crippen LogP contribution < -0.4 is 10.1 Å². The van der Waals surface area contributed by atoms with Crippen molar-refractivity contribution in [1.29, 1.82) is 0 Å². The Morgan fingerprint density at radius 2 is 2.27 bits per heavy atom. The number of hydrogen-bond acceptors (Lipinski definition) is 3. The Morgan fingerprint density at radius 1 is 1.55 bits per heavy atom. The van der Waals surface area contributed by atoms with Gasteiger partial charge >= 0.3 is 0 Å². The average Bonchev–Trinajstić information content (AvgIpc) is 2.41. The Balaban J connectivity index is 2.30. The highest BCUT2D eigenvalue weighted by Crippen LogP contribution is 2.36. The first kappa shape index (κ1) is 16.0. The van der Waals surface area contributed by atoms with E-state index in [4.69, 9.17) is 11.2 Å². The molecule has 0 saturated heterocycles. The summed E-state index contributed by atoms with van der Waals surface area (Å²) in [5.74, 6) is 2.27. The molecule has 0 aromatic heterocycles. The number of terminal acetylenes is 1. The Bertz CT molecular complexity index is 659. The second-order valence-electron chi connectivity index (χ2n) is 5.75. The topological polar surface area (TPSA) is 50.7 Å². The van der Waals surface area contributed by atoms with E-state index in [1.54, 1.807) is 0 Å². The molecule has 1 aliphatic rings. The first-order chi connectivity index (χ1) is 10.4. The molecule has 22 heavy (non-hydrogen) atoms. The number of rotatable bonds is 4. The molecular weight excluding hydrogens is 283 g/mol. The summed E-state index contributed by atoms with van der Waals surface area (Å²) in [6.45, 7) is 6.00. The van der Waals surface area contributed by atoms with E-state index in [0.29, 0.717) is 11.6 Å². The summed E-state index contributed by atoms with van der Waals surface area (Å²) >= 11 is 0. The molecule has 0 radical (unpaired) electrons. The number of aliphatic imine (C=N–C) groups is 1. The standard InChI is InChI=1S/C17H19FN2O2/c1-5-6-15-17(21)20-14-9-13(12(18)8-16(14)22-15)19-11(4)7-10(2)3/h1,8-10,15H,6-7H2,2-4H3,(H,20,21)/b19-11+. The normalized spacial score (nSPS) is 17.5. The molecule has 1 amide bonds. The highest BCUT2D eigenvalue weighted by molar-refractivity contribution is 5.98. The van der Waals surface area contributed by atoms with Gasteiger partial charge in [0.05, 0.1) is 12.1 Å². The summed E-state index contributed by atoms with van der Waals surface area (Å²) in [5.41, 5.74) is 1.44. The van der Waals surface area contributed by atoms with Crippen LogP contribution in [0.5, 0.6) is 5.75 Å². The summed E-state index contributed by atoms with van der Waals surface area (Å²) in [5, 5.41) is 2.68. The molecule has 5 heteroatoms. The van der Waals surface area contributed by atoms with Crippen LogP contribution in [0.15, 0.2) is 17.1 Å². The van der Waals surface area contributed by atoms with Gasteiger partial charge in [-0.2, -0.15) is 0 Å². The lowest BCUT2D eigenvalue weighted by Gasteiger charge is -2.25. The molecular formula is C17H19FN2O2. The molecule has 0 spiro atoms. The van der Waals surface area contributed by atoms with Gasteiger partial charge in [0, 0.05) is 11.8 Å². The van der Waals surface area contributed by atoms with Crippen LogP contribution in [0.1, 0.15) is 33.6 Å². The molecule has 0 bridgehead atoms. The predicted octanol–water partition coefficient (Wildman–Crippen LogP) is 3.69. The minimum absolute atomic E-state index is 0.139. The number of hydrogen-bond donors (Lipinski definition) is 1. The van der Waals surface area contributed by atoms with Gasteiger partial charge in [-0.3, -0.25) is 9.79 Å². The number of nitrogens with zero attached hydrogens (tertiary/aromatic N) is 1. The number of carbonyl (C=O) groups is 1. The molecule has 0 fully saturated rings. The maximum Gasteiger partial charge on any atom is 0.266 e. The summed E-state index contributed by atoms with van der Waals surface area (Å²) in [6.07, 6.45) is 5.33. The molecule has 1 atom stereocenters. The molecule has 1 aliphatic heterocycles. The lowest BCUT2D eigenvalue weighted by atomic mass is 10.1. The lowest BCUT2D eigenvalue weighted by Crippen LogP contribution is -2.36. The maximum atomic E-state index is 14.1. The van der Waals surface area contributed by atoms with Gasteiger partial charge in [0.1, 0.15) is 11.4 Å². The van der Waals surface area contributed by atoms with E-state index in [-0.39, 0.29) is 23.8 Å². The van der Waals surface area contributed by atoms with E-state index in [0.717, 1.165) is 12.1 Å². The number of nitrogens with one attached hydrogen (secondary N) is 1. The lowest BCUT2D eigenvalue weighted by molar-refractivity contribution is -0.123. The maximum absolute atomic E-state index is 14.1. The second kappa shape index (κ2) is 6.61. The average molecular weight is 302 g/mol. The fourth-order valence-electron chi connectivity index (χ4n) is 2.33. The van der Waals surface area contributed by atoms with Gasteiger partial charge < -0.3 is 10.1 Å². The molecule has 4 nitrogen and oxygen atoms in total. The van der Waals surface area contributed by atoms with Crippen LogP contribution in [-0.2, 0) is 4.79 Å². The number of carbonyl (C=O) groups excluding carboxylic acids is 1. The van der Waals surface area contributed by atoms with E-state index in [9.17, 15) is 9.18 Å². The minimum Gasteiger partial charge on any atom is -0.477 e. The van der Waals surface area contributed by atoms with Gasteiger partial charge in [0.25, 0.3) is 5.91 Å². The fraction of sp³-hybridized carbons (Fsp3) is 0.412. The summed E-state index contributed by atoms with van der Waals surface area (Å²) in [4.78, 5) is 16.1. The van der Waals surface area contributed by atoms with Gasteiger partial charge in [0.15, 0.2) is 11.9 Å². The zero-order valence-electron chi connectivity index (χ0n) is 12.9. The SMILES string of the molecule is C#CCC1Oc2cc(F)c(/N=C(\C)CC(C)C)cc2NC1=O. The number of ether oxygens (including phenoxy) is 1. The van der Waals surface area contributed by atoms with Gasteiger partial charge in [-0.05, 0) is 25.3 Å². The molecule has 1 unspecified atom stereocenters. The van der Waals surface area contributed by atoms with Crippen molar-refractivity contribution >= 4 is 23.0 Å². The Labute approximate surface area is 129 Å². The van der Waals surface area contributed by atoms with Crippen LogP contribution in [0.25, 0.3) is 0 Å². The van der Waals surface area contributed by atoms with Crippen molar-refractivity contribution < 1.29 is 13.9 Å². The molecule has 1 N–H and O–H groups in total. The molecule has 0 saturated carbocycles. The number of anilines is 1. The zero-order chi connectivity index (χ0) is 16.3. The number of fused-ring (bicyclic) bond motifs is 1. The molecule has 1 aromatic carbocycles. The summed E-state index contributed by atoms with van der Waals surface area (Å²) in [6, 6.07) is 2.72. The fourth-order valence-corrected chi connectivity index (χ4v) is 2.33. The van der Waals surface area contributed by atoms with Gasteiger partial charge in [-0.25, -0.2) is 4.39 Å². The van der Waals surface area contributed by atoms with Crippen molar-refractivity contribution in [2.45, 2.75) is 39.7 Å². The van der Waals surface area contributed by atoms with Crippen LogP contribution in [0.3, 0.4) is 0 Å². The van der Waals surface area contributed by atoms with Crippen LogP contribution in [0.2, 0.25) is 0 Å². The zero-order valence-corrected chi connectivity index (χ0v) is 12.9. The van der Waals surface area contributed by atoms with Crippen LogP contribution in [-0.4, -0.2) is 17.7 Å². The number of halogens is 1. The van der Waals surface area contributed by atoms with Crippen molar-refractivity contribution in [2.75, 3.05) is 5.32 Å². The van der Waals surface area contributed by atoms with Crippen LogP contribution >= 0.6 is 0 Å². The summed E-state index contributed by atoms with van der Waals surface area (Å²) in [7, 11) is 0. The van der Waals surface area contributed by atoms with Crippen molar-refractivity contribution in [3.8, 4) is 18.1 Å². The third kappa shape index (κ3) is 3.64. The third-order valence-electron chi connectivity index (χ3n) is 3.19. The summed E-state index contributed by atoms with van der Waals surface area (Å²) < 4.78 is 19.6. The smallest absolute Gasteiger partial charge is 0.266 e. The van der Waals surface area contributed by atoms with Crippen molar-refractivity contribution in [3.05, 3.63) is 17.9 Å². The highest BCUT2D eigenvalue weighted by atomic mass is 19.1. The van der Waals surface area contributed by atoms with Crippen molar-refractivity contribution in [3.63, 3.8) is 0 Å². The van der Waals surface area contributed by atoms with Crippen LogP contribution in [0.4, 0.5) is 15.8 Å². The largest absolute Gasteiger partial charge is 0.477 e. The van der Waals surface area contributed by atoms with Gasteiger partial charge in [-0.1, -0.05) is 13.8 Å². The predicted molar refractivity (Wildman–Crippen MR) is 85.1 cm³/mol. The first-order valence-corrected chi connectivity index (χ1v) is 7.19. The molecule has 116 valence electrons. The van der Waals surface area contributed by atoms with Gasteiger partial charge in [-0.15, -0.1) is 12.3 Å². The van der Waals surface area contributed by atoms with Crippen LogP contribution in [0, 0.1) is 24.1 Å². The van der Waals surface area contributed by atoms with E-state index in [1.165, 1.54) is 12.1 Å². The molecule has 1 aromatic rings. The van der Waals surface area contributed by atoms with Crippen molar-refractivity contribution in [2.24, 2.45) is 10.9 Å².